The Hall–Kier alpha value is -0.660. The van der Waals surface area contributed by atoms with Gasteiger partial charge in [0.15, 0.2) is 0 Å². The molecule has 2 aromatic rings. The predicted molar refractivity (Wildman–Crippen MR) is 159 cm³/mol. The Labute approximate surface area is 234 Å². The first-order chi connectivity index (χ1) is 16.0. The van der Waals surface area contributed by atoms with Crippen molar-refractivity contribution in [3.05, 3.63) is 85.2 Å². The first-order valence-electron chi connectivity index (χ1n) is 13.0. The predicted octanol–water partition coefficient (Wildman–Crippen LogP) is 10.3. The van der Waals surface area contributed by atoms with E-state index >= 15 is 0 Å². The van der Waals surface area contributed by atoms with Gasteiger partial charge in [-0.05, 0) is 0 Å². The van der Waals surface area contributed by atoms with Gasteiger partial charge in [0.25, 0.3) is 0 Å². The van der Waals surface area contributed by atoms with Crippen molar-refractivity contribution in [2.75, 3.05) is 0 Å². The Morgan fingerprint density at radius 2 is 1.46 bits per heavy atom. The molecule has 0 amide bonds. The van der Waals surface area contributed by atoms with Crippen molar-refractivity contribution < 1.29 is 20.4 Å². The van der Waals surface area contributed by atoms with Gasteiger partial charge in [-0.2, -0.15) is 0 Å². The summed E-state index contributed by atoms with van der Waals surface area (Å²) < 4.78 is 2.74. The number of halogens is 2. The number of hydrogen-bond acceptors (Lipinski definition) is 0. The first kappa shape index (κ1) is 30.6. The molecular formula is C31H42Cl2SiZr. The van der Waals surface area contributed by atoms with Crippen molar-refractivity contribution in [3.63, 3.8) is 0 Å². The summed E-state index contributed by atoms with van der Waals surface area (Å²) in [6, 6.07) is 18.1. The van der Waals surface area contributed by atoms with Gasteiger partial charge in [-0.25, -0.2) is 0 Å². The van der Waals surface area contributed by atoms with E-state index in [1.807, 2.05) is 8.85 Å². The fourth-order valence-corrected chi connectivity index (χ4v) is 27.0. The average Bonchev–Trinajstić information content (AvgIpc) is 3.33. The topological polar surface area (TPSA) is 0 Å². The van der Waals surface area contributed by atoms with E-state index < -0.39 is 20.4 Å². The first-order valence-corrected chi connectivity index (χ1v) is 21.8. The fraction of sp³-hybridized carbons (Fsp3) is 0.419. The van der Waals surface area contributed by atoms with E-state index in [2.05, 4.69) is 102 Å². The van der Waals surface area contributed by atoms with Gasteiger partial charge < -0.3 is 0 Å². The number of benzene rings is 2. The third-order valence-corrected chi connectivity index (χ3v) is 26.5. The molecule has 0 fully saturated rings. The molecule has 0 radical (unpaired) electrons. The Balaban J connectivity index is 0.00000216. The van der Waals surface area contributed by atoms with Crippen LogP contribution < -0.4 is 0 Å². The summed E-state index contributed by atoms with van der Waals surface area (Å²) in [5.41, 5.74) is 12.6. The van der Waals surface area contributed by atoms with Crippen molar-refractivity contribution in [1.82, 2.24) is 0 Å². The molecule has 0 nitrogen and oxygen atoms in total. The van der Waals surface area contributed by atoms with Crippen LogP contribution in [0.25, 0.3) is 17.2 Å². The Morgan fingerprint density at radius 1 is 0.800 bits per heavy atom. The zero-order chi connectivity index (χ0) is 23.7. The summed E-state index contributed by atoms with van der Waals surface area (Å²) in [6.07, 6.45) is 7.52. The van der Waals surface area contributed by atoms with Crippen molar-refractivity contribution in [1.29, 1.82) is 0 Å². The van der Waals surface area contributed by atoms with E-state index in [0.29, 0.717) is 0 Å². The molecular weight excluding hydrogens is 563 g/mol. The largest absolute Gasteiger partial charge is 0.147 e. The van der Waals surface area contributed by atoms with Gasteiger partial charge in [-0.3, -0.25) is 0 Å². The molecule has 0 saturated carbocycles. The molecule has 4 rings (SSSR count). The van der Waals surface area contributed by atoms with Gasteiger partial charge in [-0.15, -0.1) is 24.8 Å². The summed E-state index contributed by atoms with van der Waals surface area (Å²) in [5.74, 6) is 0.739. The molecule has 0 bridgehead atoms. The van der Waals surface area contributed by atoms with Gasteiger partial charge in [0.2, 0.25) is 0 Å². The molecule has 4 heteroatoms. The van der Waals surface area contributed by atoms with E-state index in [4.69, 9.17) is 0 Å². The molecule has 0 N–H and O–H groups in total. The number of allylic oxidation sites excluding steroid dienone is 5. The maximum Gasteiger partial charge on any atom is -0.147 e. The second-order valence-corrected chi connectivity index (χ2v) is 27.2. The van der Waals surface area contributed by atoms with E-state index in [1.54, 1.807) is 22.3 Å². The summed E-state index contributed by atoms with van der Waals surface area (Å²) >= 11 is -1.98. The van der Waals surface area contributed by atoms with Crippen LogP contribution in [0.2, 0.25) is 13.1 Å². The van der Waals surface area contributed by atoms with Crippen molar-refractivity contribution in [2.45, 2.75) is 77.0 Å². The fourth-order valence-electron chi connectivity index (χ4n) is 6.57. The molecule has 0 spiro atoms. The summed E-state index contributed by atoms with van der Waals surface area (Å²) in [7, 11) is 0. The second-order valence-electron chi connectivity index (χ2n) is 9.83. The van der Waals surface area contributed by atoms with Gasteiger partial charge in [0.05, 0.1) is 0 Å². The molecule has 35 heavy (non-hydrogen) atoms. The van der Waals surface area contributed by atoms with Gasteiger partial charge >= 0.3 is 211 Å². The molecule has 2 atom stereocenters. The Bertz CT molecular complexity index is 1180. The molecule has 0 aliphatic heterocycles. The number of fused-ring (bicyclic) bond motifs is 1. The average molecular weight is 605 g/mol. The zero-order valence-electron chi connectivity index (χ0n) is 22.5. The molecule has 188 valence electrons. The van der Waals surface area contributed by atoms with Crippen LogP contribution >= 0.6 is 24.8 Å². The number of rotatable bonds is 7. The SMILES string of the molecule is CCC1=C(CC)C(CC)[C]([Zr]([CH]2C(C)=Cc3c(-c4ccccc4)cccc32)=[Si](C)C)=C1CC.Cl.Cl. The minimum absolute atomic E-state index is 0. The number of hydrogen-bond donors (Lipinski definition) is 0. The van der Waals surface area contributed by atoms with Crippen LogP contribution in [0.4, 0.5) is 0 Å². The molecule has 2 aromatic carbocycles. The molecule has 2 unspecified atom stereocenters. The molecule has 0 saturated heterocycles. The van der Waals surface area contributed by atoms with Crippen LogP contribution in [-0.2, 0) is 20.4 Å². The quantitative estimate of drug-likeness (QED) is 0.276. The Morgan fingerprint density at radius 3 is 2.00 bits per heavy atom. The minimum Gasteiger partial charge on any atom is -0.147 e. The third-order valence-electron chi connectivity index (χ3n) is 7.82. The molecule has 2 aliphatic rings. The monoisotopic (exact) mass is 602 g/mol. The molecule has 0 heterocycles. The summed E-state index contributed by atoms with van der Waals surface area (Å²) in [4.78, 5) is 0. The smallest absolute Gasteiger partial charge is 0.147 e. The van der Waals surface area contributed by atoms with Crippen molar-refractivity contribution >= 4 is 36.3 Å². The van der Waals surface area contributed by atoms with Crippen molar-refractivity contribution in [3.8, 4) is 11.1 Å². The van der Waals surface area contributed by atoms with Gasteiger partial charge in [-0.1, -0.05) is 0 Å². The van der Waals surface area contributed by atoms with Crippen LogP contribution in [0.15, 0.2) is 74.1 Å². The van der Waals surface area contributed by atoms with Crippen LogP contribution in [0.1, 0.15) is 75.1 Å². The van der Waals surface area contributed by atoms with Crippen LogP contribution in [0, 0.1) is 5.92 Å². The Kier molecular flexibility index (Phi) is 11.6. The van der Waals surface area contributed by atoms with E-state index in [1.165, 1.54) is 42.4 Å². The van der Waals surface area contributed by atoms with Gasteiger partial charge in [0.1, 0.15) is 0 Å². The van der Waals surface area contributed by atoms with Crippen LogP contribution in [-0.4, -0.2) is 5.43 Å². The van der Waals surface area contributed by atoms with Crippen LogP contribution in [0.5, 0.6) is 0 Å². The van der Waals surface area contributed by atoms with Crippen LogP contribution in [0.3, 0.4) is 0 Å². The second kappa shape index (κ2) is 13.2. The standard InChI is InChI=1S/C16H13.C13H21.C2H6Si.2ClH.Zr/c1-12-10-14-8-5-9-15(16(14)11-12)13-6-3-2-4-7-13;1-5-10-9-11(6-2)13(8-4)12(10)7-3;1-3-2;;;/h2-11H,1H3;10H,5-8H2,1-4H3;1-2H3;2*1H;. The summed E-state index contributed by atoms with van der Waals surface area (Å²) in [6.45, 7) is 17.4. The third kappa shape index (κ3) is 5.47. The zero-order valence-corrected chi connectivity index (χ0v) is 27.6. The van der Waals surface area contributed by atoms with E-state index in [9.17, 15) is 0 Å². The molecule has 2 aliphatic carbocycles. The van der Waals surface area contributed by atoms with E-state index in [0.717, 1.165) is 9.54 Å². The maximum absolute atomic E-state index is 2.65. The minimum atomic E-state index is -1.98. The van der Waals surface area contributed by atoms with Crippen molar-refractivity contribution in [2.24, 2.45) is 5.92 Å². The van der Waals surface area contributed by atoms with Gasteiger partial charge in [0, 0.05) is 0 Å². The summed E-state index contributed by atoms with van der Waals surface area (Å²) in [5, 5.41) is 0. The maximum atomic E-state index is 2.65. The normalized spacial score (nSPS) is 18.7. The van der Waals surface area contributed by atoms with E-state index in [-0.39, 0.29) is 30.2 Å². The molecule has 0 aromatic heterocycles.